The highest BCUT2D eigenvalue weighted by Crippen LogP contribution is 2.29. The molecule has 1 aliphatic heterocycles. The Morgan fingerprint density at radius 3 is 2.24 bits per heavy atom. The van der Waals surface area contributed by atoms with Crippen LogP contribution < -0.4 is 4.90 Å². The van der Waals surface area contributed by atoms with Gasteiger partial charge in [-0.2, -0.15) is 5.10 Å². The van der Waals surface area contributed by atoms with Crippen LogP contribution in [0.4, 0.5) is 5.69 Å². The highest BCUT2D eigenvalue weighted by Gasteiger charge is 2.27. The topological polar surface area (TPSA) is 61.6 Å². The van der Waals surface area contributed by atoms with Crippen LogP contribution in [0.5, 0.6) is 5.75 Å². The van der Waals surface area contributed by atoms with Gasteiger partial charge in [-0.25, -0.2) is 4.68 Å². The molecule has 1 amide bonds. The molecular weight excluding hydrogens is 424 g/mol. The van der Waals surface area contributed by atoms with E-state index in [1.165, 1.54) is 5.56 Å². The lowest BCUT2D eigenvalue weighted by molar-refractivity contribution is 0.0747. The minimum atomic E-state index is 0.00233. The molecule has 3 aromatic carbocycles. The molecule has 1 aliphatic rings. The first-order valence-corrected chi connectivity index (χ1v) is 11.6. The number of carbonyl (C=O) groups excluding carboxylic acids is 1. The third-order valence-corrected chi connectivity index (χ3v) is 6.38. The summed E-state index contributed by atoms with van der Waals surface area (Å²) in [5, 5.41) is 14.4. The molecule has 2 heterocycles. The number of aryl methyl sites for hydroxylation is 2. The highest BCUT2D eigenvalue weighted by molar-refractivity contribution is 6.00. The van der Waals surface area contributed by atoms with Crippen molar-refractivity contribution in [2.24, 2.45) is 0 Å². The van der Waals surface area contributed by atoms with E-state index in [1.54, 1.807) is 16.8 Å². The number of hydrogen-bond acceptors (Lipinski definition) is 4. The number of aromatic hydroxyl groups is 1. The van der Waals surface area contributed by atoms with Crippen LogP contribution in [-0.4, -0.2) is 51.9 Å². The first-order chi connectivity index (χ1) is 16.5. The minimum Gasteiger partial charge on any atom is -0.508 e. The summed E-state index contributed by atoms with van der Waals surface area (Å²) in [6.07, 6.45) is 1.86. The lowest BCUT2D eigenvalue weighted by atomic mass is 10.00. The van der Waals surface area contributed by atoms with Gasteiger partial charge in [0.25, 0.3) is 5.91 Å². The van der Waals surface area contributed by atoms with Gasteiger partial charge in [0.15, 0.2) is 0 Å². The number of amides is 1. The second-order valence-electron chi connectivity index (χ2n) is 8.79. The summed E-state index contributed by atoms with van der Waals surface area (Å²) in [5.74, 6) is 0.259. The first-order valence-electron chi connectivity index (χ1n) is 11.6. The fourth-order valence-corrected chi connectivity index (χ4v) is 4.52. The van der Waals surface area contributed by atoms with Gasteiger partial charge in [-0.05, 0) is 55.8 Å². The standard InChI is InChI=1S/C28H28N4O2/c1-20-8-13-25(21(2)18-20)27-26(19-32(29-27)23-6-4-3-5-7-23)28(34)31-16-14-30(15-17-31)22-9-11-24(33)12-10-22/h3-13,18-19,33H,14-17H2,1-2H3. The summed E-state index contributed by atoms with van der Waals surface area (Å²) < 4.78 is 1.80. The quantitative estimate of drug-likeness (QED) is 0.482. The van der Waals surface area contributed by atoms with E-state index in [-0.39, 0.29) is 11.7 Å². The minimum absolute atomic E-state index is 0.00233. The lowest BCUT2D eigenvalue weighted by Gasteiger charge is -2.36. The van der Waals surface area contributed by atoms with Gasteiger partial charge in [0.1, 0.15) is 11.4 Å². The maximum absolute atomic E-state index is 13.7. The summed E-state index contributed by atoms with van der Waals surface area (Å²) in [7, 11) is 0. The molecule has 0 bridgehead atoms. The van der Waals surface area contributed by atoms with Crippen LogP contribution in [0.1, 0.15) is 21.5 Å². The second-order valence-corrected chi connectivity index (χ2v) is 8.79. The maximum Gasteiger partial charge on any atom is 0.257 e. The fraction of sp³-hybridized carbons (Fsp3) is 0.214. The number of anilines is 1. The van der Waals surface area contributed by atoms with Gasteiger partial charge in [0.2, 0.25) is 0 Å². The zero-order valence-corrected chi connectivity index (χ0v) is 19.5. The van der Waals surface area contributed by atoms with Crippen LogP contribution >= 0.6 is 0 Å². The van der Waals surface area contributed by atoms with Crippen molar-refractivity contribution in [3.8, 4) is 22.7 Å². The van der Waals surface area contributed by atoms with Gasteiger partial charge in [-0.3, -0.25) is 4.79 Å². The van der Waals surface area contributed by atoms with Gasteiger partial charge >= 0.3 is 0 Å². The van der Waals surface area contributed by atoms with Crippen molar-refractivity contribution in [1.29, 1.82) is 0 Å². The van der Waals surface area contributed by atoms with E-state index in [0.717, 1.165) is 35.6 Å². The molecule has 1 aromatic heterocycles. The SMILES string of the molecule is Cc1ccc(-c2nn(-c3ccccc3)cc2C(=O)N2CCN(c3ccc(O)cc3)CC2)c(C)c1. The number of rotatable bonds is 4. The number of benzene rings is 3. The van der Waals surface area contributed by atoms with E-state index in [4.69, 9.17) is 5.10 Å². The Balaban J connectivity index is 1.44. The Hall–Kier alpha value is -4.06. The van der Waals surface area contributed by atoms with Gasteiger partial charge in [-0.1, -0.05) is 42.0 Å². The van der Waals surface area contributed by atoms with Crippen molar-refractivity contribution < 1.29 is 9.90 Å². The van der Waals surface area contributed by atoms with Crippen molar-refractivity contribution in [3.05, 3.63) is 95.7 Å². The number of piperazine rings is 1. The average Bonchev–Trinajstić information content (AvgIpc) is 3.30. The summed E-state index contributed by atoms with van der Waals surface area (Å²) in [5.41, 5.74) is 6.57. The Labute approximate surface area is 199 Å². The van der Waals surface area contributed by atoms with E-state index in [1.807, 2.05) is 53.6 Å². The van der Waals surface area contributed by atoms with Crippen molar-refractivity contribution in [3.63, 3.8) is 0 Å². The average molecular weight is 453 g/mol. The summed E-state index contributed by atoms with van der Waals surface area (Å²) >= 11 is 0. The number of aromatic nitrogens is 2. The van der Waals surface area contributed by atoms with Crippen LogP contribution in [0.25, 0.3) is 16.9 Å². The molecule has 6 heteroatoms. The van der Waals surface area contributed by atoms with Crippen molar-refractivity contribution in [2.75, 3.05) is 31.1 Å². The van der Waals surface area contributed by atoms with Crippen LogP contribution in [0.2, 0.25) is 0 Å². The van der Waals surface area contributed by atoms with Gasteiger partial charge in [0.05, 0.1) is 11.3 Å². The second kappa shape index (κ2) is 9.06. The van der Waals surface area contributed by atoms with E-state index < -0.39 is 0 Å². The van der Waals surface area contributed by atoms with E-state index in [9.17, 15) is 9.90 Å². The van der Waals surface area contributed by atoms with Crippen molar-refractivity contribution >= 4 is 11.6 Å². The Kier molecular flexibility index (Phi) is 5.80. The molecule has 0 unspecified atom stereocenters. The lowest BCUT2D eigenvalue weighted by Crippen LogP contribution is -2.48. The monoisotopic (exact) mass is 452 g/mol. The third-order valence-electron chi connectivity index (χ3n) is 6.38. The predicted octanol–water partition coefficient (Wildman–Crippen LogP) is 4.82. The van der Waals surface area contributed by atoms with Gasteiger partial charge in [-0.15, -0.1) is 0 Å². The van der Waals surface area contributed by atoms with Crippen molar-refractivity contribution in [1.82, 2.24) is 14.7 Å². The molecule has 1 saturated heterocycles. The molecule has 172 valence electrons. The Morgan fingerprint density at radius 1 is 0.853 bits per heavy atom. The highest BCUT2D eigenvalue weighted by atomic mass is 16.3. The molecule has 6 nitrogen and oxygen atoms in total. The number of carbonyl (C=O) groups is 1. The van der Waals surface area contributed by atoms with Crippen LogP contribution in [0, 0.1) is 13.8 Å². The summed E-state index contributed by atoms with van der Waals surface area (Å²) in [6.45, 7) is 6.86. The summed E-state index contributed by atoms with van der Waals surface area (Å²) in [6, 6.07) is 23.4. The Morgan fingerprint density at radius 2 is 1.56 bits per heavy atom. The third kappa shape index (κ3) is 4.27. The van der Waals surface area contributed by atoms with Crippen LogP contribution in [0.15, 0.2) is 79.0 Å². The number of para-hydroxylation sites is 1. The molecule has 4 aromatic rings. The normalized spacial score (nSPS) is 13.8. The molecule has 0 spiro atoms. The predicted molar refractivity (Wildman–Crippen MR) is 135 cm³/mol. The first kappa shape index (κ1) is 21.8. The number of phenols is 1. The summed E-state index contributed by atoms with van der Waals surface area (Å²) in [4.78, 5) is 17.9. The van der Waals surface area contributed by atoms with Crippen LogP contribution in [0.3, 0.4) is 0 Å². The molecule has 1 N–H and O–H groups in total. The van der Waals surface area contributed by atoms with Gasteiger partial charge < -0.3 is 14.9 Å². The zero-order chi connectivity index (χ0) is 23.7. The van der Waals surface area contributed by atoms with Gasteiger partial charge in [0, 0.05) is 43.6 Å². The molecule has 34 heavy (non-hydrogen) atoms. The molecule has 5 rings (SSSR count). The molecule has 0 aliphatic carbocycles. The van der Waals surface area contributed by atoms with Crippen molar-refractivity contribution in [2.45, 2.75) is 13.8 Å². The van der Waals surface area contributed by atoms with E-state index in [2.05, 4.69) is 36.9 Å². The fourth-order valence-electron chi connectivity index (χ4n) is 4.52. The largest absolute Gasteiger partial charge is 0.508 e. The number of nitrogens with zero attached hydrogens (tertiary/aromatic N) is 4. The number of hydrogen-bond donors (Lipinski definition) is 1. The molecule has 0 atom stereocenters. The maximum atomic E-state index is 13.7. The molecule has 1 fully saturated rings. The smallest absolute Gasteiger partial charge is 0.257 e. The van der Waals surface area contributed by atoms with Crippen LogP contribution in [-0.2, 0) is 0 Å². The molecule has 0 radical (unpaired) electrons. The molecule has 0 saturated carbocycles. The zero-order valence-electron chi connectivity index (χ0n) is 19.5. The molecular formula is C28H28N4O2. The van der Waals surface area contributed by atoms with E-state index in [0.29, 0.717) is 24.3 Å². The number of phenolic OH excluding ortho intramolecular Hbond substituents is 1. The Bertz CT molecular complexity index is 1300. The van der Waals surface area contributed by atoms with E-state index >= 15 is 0 Å².